The van der Waals surface area contributed by atoms with E-state index in [9.17, 15) is 4.39 Å². The Kier molecular flexibility index (Phi) is 2.63. The molecule has 0 bridgehead atoms. The average Bonchev–Trinajstić information content (AvgIpc) is 2.72. The standard InChI is InChI=1S/C14H14FN3/c15-11-2-1-10-4-6-18(14(10)7-11)9-13-8-12(16)3-5-17-13/h1-3,5,7-8H,4,6,9H2,(H2,16,17). The van der Waals surface area contributed by atoms with Crippen molar-refractivity contribution >= 4 is 11.4 Å². The van der Waals surface area contributed by atoms with Crippen LogP contribution in [0.3, 0.4) is 0 Å². The Morgan fingerprint density at radius 3 is 3.00 bits per heavy atom. The Bertz CT molecular complexity index is 583. The fraction of sp³-hybridized carbons (Fsp3) is 0.214. The lowest BCUT2D eigenvalue weighted by Crippen LogP contribution is -2.20. The van der Waals surface area contributed by atoms with Crippen LogP contribution in [0.15, 0.2) is 36.5 Å². The molecule has 1 aliphatic rings. The summed E-state index contributed by atoms with van der Waals surface area (Å²) in [7, 11) is 0. The number of nitrogens with two attached hydrogens (primary N) is 1. The van der Waals surface area contributed by atoms with E-state index in [1.165, 1.54) is 11.6 Å². The van der Waals surface area contributed by atoms with Gasteiger partial charge in [-0.1, -0.05) is 6.07 Å². The second-order valence-electron chi connectivity index (χ2n) is 4.53. The van der Waals surface area contributed by atoms with Crippen LogP contribution >= 0.6 is 0 Å². The minimum Gasteiger partial charge on any atom is -0.399 e. The smallest absolute Gasteiger partial charge is 0.125 e. The van der Waals surface area contributed by atoms with Crippen LogP contribution in [-0.2, 0) is 13.0 Å². The third kappa shape index (κ3) is 2.01. The second-order valence-corrected chi connectivity index (χ2v) is 4.53. The van der Waals surface area contributed by atoms with Gasteiger partial charge in [-0.3, -0.25) is 4.98 Å². The maximum absolute atomic E-state index is 13.3. The highest BCUT2D eigenvalue weighted by molar-refractivity contribution is 5.58. The Balaban J connectivity index is 1.86. The Morgan fingerprint density at radius 1 is 1.28 bits per heavy atom. The van der Waals surface area contributed by atoms with Crippen LogP contribution in [-0.4, -0.2) is 11.5 Å². The van der Waals surface area contributed by atoms with Crippen LogP contribution in [0.5, 0.6) is 0 Å². The van der Waals surface area contributed by atoms with Crippen molar-refractivity contribution in [3.63, 3.8) is 0 Å². The van der Waals surface area contributed by atoms with Crippen molar-refractivity contribution in [1.29, 1.82) is 0 Å². The largest absolute Gasteiger partial charge is 0.399 e. The normalized spacial score (nSPS) is 13.7. The number of fused-ring (bicyclic) bond motifs is 1. The molecule has 0 saturated heterocycles. The predicted molar refractivity (Wildman–Crippen MR) is 69.8 cm³/mol. The first-order chi connectivity index (χ1) is 8.72. The van der Waals surface area contributed by atoms with Gasteiger partial charge in [-0.2, -0.15) is 0 Å². The molecule has 0 unspecified atom stereocenters. The van der Waals surface area contributed by atoms with E-state index in [1.807, 2.05) is 12.1 Å². The van der Waals surface area contributed by atoms with Gasteiger partial charge in [0.15, 0.2) is 0 Å². The molecule has 0 spiro atoms. The zero-order valence-corrected chi connectivity index (χ0v) is 9.94. The lowest BCUT2D eigenvalue weighted by atomic mass is 10.2. The Labute approximate surface area is 105 Å². The van der Waals surface area contributed by atoms with E-state index in [-0.39, 0.29) is 5.82 Å². The van der Waals surface area contributed by atoms with E-state index in [1.54, 1.807) is 18.3 Å². The van der Waals surface area contributed by atoms with Gasteiger partial charge in [0.1, 0.15) is 5.82 Å². The molecule has 3 rings (SSSR count). The van der Waals surface area contributed by atoms with Crippen molar-refractivity contribution in [2.24, 2.45) is 0 Å². The highest BCUT2D eigenvalue weighted by Crippen LogP contribution is 2.29. The second kappa shape index (κ2) is 4.29. The van der Waals surface area contributed by atoms with Crippen molar-refractivity contribution in [1.82, 2.24) is 4.98 Å². The molecule has 0 fully saturated rings. The van der Waals surface area contributed by atoms with E-state index in [0.29, 0.717) is 12.2 Å². The summed E-state index contributed by atoms with van der Waals surface area (Å²) in [6, 6.07) is 8.59. The first kappa shape index (κ1) is 11.0. The van der Waals surface area contributed by atoms with E-state index in [4.69, 9.17) is 5.73 Å². The predicted octanol–water partition coefficient (Wildman–Crippen LogP) is 2.37. The zero-order chi connectivity index (χ0) is 12.5. The fourth-order valence-electron chi connectivity index (χ4n) is 2.36. The Morgan fingerprint density at radius 2 is 2.17 bits per heavy atom. The van der Waals surface area contributed by atoms with Gasteiger partial charge >= 0.3 is 0 Å². The summed E-state index contributed by atoms with van der Waals surface area (Å²) < 4.78 is 13.3. The van der Waals surface area contributed by atoms with E-state index in [0.717, 1.165) is 24.3 Å². The van der Waals surface area contributed by atoms with E-state index >= 15 is 0 Å². The number of nitrogens with zero attached hydrogens (tertiary/aromatic N) is 2. The molecule has 2 aromatic rings. The molecule has 0 radical (unpaired) electrons. The van der Waals surface area contributed by atoms with Crippen LogP contribution in [0.1, 0.15) is 11.3 Å². The molecule has 92 valence electrons. The van der Waals surface area contributed by atoms with Crippen LogP contribution < -0.4 is 10.6 Å². The van der Waals surface area contributed by atoms with Crippen molar-refractivity contribution < 1.29 is 4.39 Å². The van der Waals surface area contributed by atoms with Crippen molar-refractivity contribution in [2.45, 2.75) is 13.0 Å². The summed E-state index contributed by atoms with van der Waals surface area (Å²) in [6.07, 6.45) is 2.66. The van der Waals surface area contributed by atoms with Gasteiger partial charge in [0.05, 0.1) is 12.2 Å². The lowest BCUT2D eigenvalue weighted by molar-refractivity contribution is 0.627. The summed E-state index contributed by atoms with van der Waals surface area (Å²) >= 11 is 0. The SMILES string of the molecule is Nc1ccnc(CN2CCc3ccc(F)cc32)c1. The summed E-state index contributed by atoms with van der Waals surface area (Å²) in [5, 5.41) is 0. The van der Waals surface area contributed by atoms with Crippen LogP contribution in [0, 0.1) is 5.82 Å². The summed E-state index contributed by atoms with van der Waals surface area (Å²) in [5.74, 6) is -0.193. The molecular formula is C14H14FN3. The number of nitrogen functional groups attached to an aromatic ring is 1. The van der Waals surface area contributed by atoms with Gasteiger partial charge in [-0.25, -0.2) is 4.39 Å². The molecule has 1 aromatic carbocycles. The highest BCUT2D eigenvalue weighted by atomic mass is 19.1. The topological polar surface area (TPSA) is 42.1 Å². The van der Waals surface area contributed by atoms with Gasteiger partial charge in [-0.15, -0.1) is 0 Å². The average molecular weight is 243 g/mol. The molecule has 0 amide bonds. The molecule has 4 heteroatoms. The molecule has 0 atom stereocenters. The monoisotopic (exact) mass is 243 g/mol. The number of pyridine rings is 1. The third-order valence-corrected chi connectivity index (χ3v) is 3.23. The van der Waals surface area contributed by atoms with Crippen molar-refractivity contribution in [3.05, 3.63) is 53.6 Å². The number of aromatic nitrogens is 1. The number of hydrogen-bond acceptors (Lipinski definition) is 3. The van der Waals surface area contributed by atoms with Crippen LogP contribution in [0.2, 0.25) is 0 Å². The first-order valence-electron chi connectivity index (χ1n) is 5.96. The molecule has 0 saturated carbocycles. The summed E-state index contributed by atoms with van der Waals surface area (Å²) in [4.78, 5) is 6.42. The molecule has 1 aromatic heterocycles. The number of anilines is 2. The highest BCUT2D eigenvalue weighted by Gasteiger charge is 2.19. The lowest BCUT2D eigenvalue weighted by Gasteiger charge is -2.19. The van der Waals surface area contributed by atoms with Gasteiger partial charge in [0.25, 0.3) is 0 Å². The van der Waals surface area contributed by atoms with Gasteiger partial charge in [0.2, 0.25) is 0 Å². The number of halogens is 1. The maximum atomic E-state index is 13.3. The van der Waals surface area contributed by atoms with Crippen molar-refractivity contribution in [3.8, 4) is 0 Å². The molecule has 18 heavy (non-hydrogen) atoms. The van der Waals surface area contributed by atoms with E-state index < -0.39 is 0 Å². The van der Waals surface area contributed by atoms with Crippen LogP contribution in [0.4, 0.5) is 15.8 Å². The summed E-state index contributed by atoms with van der Waals surface area (Å²) in [6.45, 7) is 1.57. The number of rotatable bonds is 2. The molecule has 3 nitrogen and oxygen atoms in total. The van der Waals surface area contributed by atoms with Crippen molar-refractivity contribution in [2.75, 3.05) is 17.2 Å². The molecular weight excluding hydrogens is 229 g/mol. The minimum atomic E-state index is -0.193. The first-order valence-corrected chi connectivity index (χ1v) is 5.96. The zero-order valence-electron chi connectivity index (χ0n) is 9.94. The molecule has 2 heterocycles. The molecule has 1 aliphatic heterocycles. The minimum absolute atomic E-state index is 0.193. The fourth-order valence-corrected chi connectivity index (χ4v) is 2.36. The summed E-state index contributed by atoms with van der Waals surface area (Å²) in [5.41, 5.74) is 9.52. The van der Waals surface area contributed by atoms with Crippen LogP contribution in [0.25, 0.3) is 0 Å². The number of hydrogen-bond donors (Lipinski definition) is 1. The van der Waals surface area contributed by atoms with Gasteiger partial charge < -0.3 is 10.6 Å². The maximum Gasteiger partial charge on any atom is 0.125 e. The third-order valence-electron chi connectivity index (χ3n) is 3.23. The van der Waals surface area contributed by atoms with Gasteiger partial charge in [0, 0.05) is 24.1 Å². The van der Waals surface area contributed by atoms with Gasteiger partial charge in [-0.05, 0) is 36.2 Å². The molecule has 2 N–H and O–H groups in total. The Hall–Kier alpha value is -2.10. The van der Waals surface area contributed by atoms with E-state index in [2.05, 4.69) is 9.88 Å². The quantitative estimate of drug-likeness (QED) is 0.880. The number of benzene rings is 1. The molecule has 0 aliphatic carbocycles.